The van der Waals surface area contributed by atoms with Crippen LogP contribution in [0, 0.1) is 0 Å². The molecule has 3 aromatic heterocycles. The monoisotopic (exact) mass is 426 g/mol. The van der Waals surface area contributed by atoms with Crippen molar-refractivity contribution in [2.75, 3.05) is 18.0 Å². The van der Waals surface area contributed by atoms with E-state index in [0.29, 0.717) is 11.7 Å². The van der Waals surface area contributed by atoms with E-state index in [-0.39, 0.29) is 5.56 Å². The van der Waals surface area contributed by atoms with E-state index in [1.807, 2.05) is 43.5 Å². The molecule has 5 rings (SSSR count). The molecule has 2 N–H and O–H groups in total. The maximum atomic E-state index is 11.9. The Morgan fingerprint density at radius 1 is 1.03 bits per heavy atom. The predicted molar refractivity (Wildman–Crippen MR) is 126 cm³/mol. The molecule has 0 saturated carbocycles. The molecular formula is C25H26N6O. The topological polar surface area (TPSA) is 90.6 Å². The van der Waals surface area contributed by atoms with E-state index in [2.05, 4.69) is 42.0 Å². The maximum Gasteiger partial charge on any atom is 0.251 e. The number of aromatic nitrogens is 5. The van der Waals surface area contributed by atoms with E-state index < -0.39 is 0 Å². The van der Waals surface area contributed by atoms with Crippen LogP contribution >= 0.6 is 0 Å². The summed E-state index contributed by atoms with van der Waals surface area (Å²) in [5.74, 6) is 2.86. The molecule has 1 aliphatic heterocycles. The number of imidazole rings is 1. The van der Waals surface area contributed by atoms with Crippen molar-refractivity contribution in [1.82, 2.24) is 24.9 Å². The highest BCUT2D eigenvalue weighted by molar-refractivity contribution is 5.58. The number of piperidine rings is 1. The normalized spacial score (nSPS) is 16.3. The molecule has 7 nitrogen and oxygen atoms in total. The summed E-state index contributed by atoms with van der Waals surface area (Å²) in [6.45, 7) is 3.82. The minimum Gasteiger partial charge on any atom is -0.356 e. The number of H-pyrrole nitrogens is 2. The summed E-state index contributed by atoms with van der Waals surface area (Å²) < 4.78 is 0. The summed E-state index contributed by atoms with van der Waals surface area (Å²) in [4.78, 5) is 34.4. The van der Waals surface area contributed by atoms with Crippen molar-refractivity contribution in [3.8, 4) is 22.6 Å². The van der Waals surface area contributed by atoms with Gasteiger partial charge in [0.05, 0.1) is 11.9 Å². The number of hydrogen-bond acceptors (Lipinski definition) is 5. The molecule has 0 spiro atoms. The molecule has 0 amide bonds. The van der Waals surface area contributed by atoms with E-state index in [4.69, 9.17) is 0 Å². The second-order valence-electron chi connectivity index (χ2n) is 8.18. The van der Waals surface area contributed by atoms with Gasteiger partial charge in [0.1, 0.15) is 17.5 Å². The lowest BCUT2D eigenvalue weighted by Gasteiger charge is -2.32. The first-order valence-corrected chi connectivity index (χ1v) is 11.1. The average molecular weight is 427 g/mol. The van der Waals surface area contributed by atoms with Gasteiger partial charge < -0.3 is 14.9 Å². The first-order chi connectivity index (χ1) is 15.7. The van der Waals surface area contributed by atoms with E-state index in [9.17, 15) is 4.79 Å². The Hall–Kier alpha value is -3.74. The smallest absolute Gasteiger partial charge is 0.251 e. The number of aryl methyl sites for hydroxylation is 1. The molecule has 4 aromatic rings. The van der Waals surface area contributed by atoms with Gasteiger partial charge in [-0.2, -0.15) is 0 Å². The Morgan fingerprint density at radius 3 is 2.69 bits per heavy atom. The van der Waals surface area contributed by atoms with Crippen molar-refractivity contribution in [1.29, 1.82) is 0 Å². The molecule has 0 radical (unpaired) electrons. The van der Waals surface area contributed by atoms with E-state index >= 15 is 0 Å². The van der Waals surface area contributed by atoms with Crippen molar-refractivity contribution in [2.45, 2.75) is 32.1 Å². The second kappa shape index (κ2) is 8.78. The lowest BCUT2D eigenvalue weighted by atomic mass is 9.97. The molecule has 4 heterocycles. The van der Waals surface area contributed by atoms with Crippen molar-refractivity contribution < 1.29 is 0 Å². The van der Waals surface area contributed by atoms with Gasteiger partial charge in [0, 0.05) is 42.5 Å². The van der Waals surface area contributed by atoms with E-state index in [1.54, 1.807) is 6.20 Å². The number of nitrogens with zero attached hydrogens (tertiary/aromatic N) is 4. The fraction of sp³-hybridized carbons (Fsp3) is 0.280. The van der Waals surface area contributed by atoms with Gasteiger partial charge in [-0.05, 0) is 37.0 Å². The minimum absolute atomic E-state index is 0.136. The van der Waals surface area contributed by atoms with Crippen LogP contribution in [-0.4, -0.2) is 38.0 Å². The molecule has 1 fully saturated rings. The fourth-order valence-electron chi connectivity index (χ4n) is 4.26. The quantitative estimate of drug-likeness (QED) is 0.500. The Balaban J connectivity index is 1.32. The first-order valence-electron chi connectivity index (χ1n) is 11.1. The number of anilines is 1. The fourth-order valence-corrected chi connectivity index (χ4v) is 4.26. The van der Waals surface area contributed by atoms with Crippen LogP contribution < -0.4 is 10.5 Å². The molecule has 162 valence electrons. The minimum atomic E-state index is -0.136. The van der Waals surface area contributed by atoms with Crippen LogP contribution in [0.25, 0.3) is 22.6 Å². The molecule has 1 aromatic carbocycles. The Kier molecular flexibility index (Phi) is 5.54. The highest BCUT2D eigenvalue weighted by atomic mass is 16.1. The second-order valence-corrected chi connectivity index (χ2v) is 8.18. The van der Waals surface area contributed by atoms with Crippen molar-refractivity contribution in [3.63, 3.8) is 0 Å². The Labute approximate surface area is 186 Å². The van der Waals surface area contributed by atoms with Crippen LogP contribution in [0.15, 0.2) is 65.7 Å². The van der Waals surface area contributed by atoms with Gasteiger partial charge in [-0.25, -0.2) is 15.0 Å². The third kappa shape index (κ3) is 4.19. The number of hydrogen-bond donors (Lipinski definition) is 2. The standard InChI is InChI=1S/C25H26N6O/c1-2-20-13-23(32)30-25(28-20)18-10-11-22(26-14-18)31-12-6-9-19(16-31)24-27-15-21(29-24)17-7-4-3-5-8-17/h3-5,7-8,10-11,13-15,19H,2,6,9,12,16H2,1H3,(H,27,29)(H,28,30,32). The van der Waals surface area contributed by atoms with Gasteiger partial charge in [0.25, 0.3) is 5.56 Å². The largest absolute Gasteiger partial charge is 0.356 e. The number of rotatable bonds is 5. The molecule has 32 heavy (non-hydrogen) atoms. The zero-order chi connectivity index (χ0) is 21.9. The van der Waals surface area contributed by atoms with Crippen molar-refractivity contribution >= 4 is 5.82 Å². The van der Waals surface area contributed by atoms with Gasteiger partial charge in [-0.1, -0.05) is 37.3 Å². The number of benzene rings is 1. The summed E-state index contributed by atoms with van der Waals surface area (Å²) in [6, 6.07) is 15.8. The molecule has 0 bridgehead atoms. The van der Waals surface area contributed by atoms with Crippen LogP contribution in [0.1, 0.15) is 37.2 Å². The van der Waals surface area contributed by atoms with Gasteiger partial charge in [-0.3, -0.25) is 4.79 Å². The van der Waals surface area contributed by atoms with Crippen LogP contribution in [0.5, 0.6) is 0 Å². The summed E-state index contributed by atoms with van der Waals surface area (Å²) >= 11 is 0. The number of pyridine rings is 1. The SMILES string of the molecule is CCc1cc(=O)[nH]c(-c2ccc(N3CCCC(c4ncc(-c5ccccc5)[nH]4)C3)nc2)n1. The highest BCUT2D eigenvalue weighted by Crippen LogP contribution is 2.29. The highest BCUT2D eigenvalue weighted by Gasteiger charge is 2.24. The summed E-state index contributed by atoms with van der Waals surface area (Å²) in [5.41, 5.74) is 3.65. The summed E-state index contributed by atoms with van der Waals surface area (Å²) in [6.07, 6.45) is 6.62. The number of aromatic amines is 2. The van der Waals surface area contributed by atoms with Crippen LogP contribution in [0.3, 0.4) is 0 Å². The van der Waals surface area contributed by atoms with E-state index in [1.165, 1.54) is 6.07 Å². The predicted octanol–water partition coefficient (Wildman–Crippen LogP) is 4.17. The molecule has 0 aliphatic carbocycles. The molecule has 1 aliphatic rings. The van der Waals surface area contributed by atoms with Crippen LogP contribution in [-0.2, 0) is 6.42 Å². The third-order valence-corrected chi connectivity index (χ3v) is 5.99. The lowest BCUT2D eigenvalue weighted by molar-refractivity contribution is 0.492. The number of nitrogens with one attached hydrogen (secondary N) is 2. The maximum absolute atomic E-state index is 11.9. The zero-order valence-electron chi connectivity index (χ0n) is 18.1. The van der Waals surface area contributed by atoms with Crippen LogP contribution in [0.2, 0.25) is 0 Å². The van der Waals surface area contributed by atoms with Gasteiger partial charge in [0.15, 0.2) is 0 Å². The van der Waals surface area contributed by atoms with Gasteiger partial charge in [0.2, 0.25) is 0 Å². The van der Waals surface area contributed by atoms with Gasteiger partial charge in [-0.15, -0.1) is 0 Å². The zero-order valence-corrected chi connectivity index (χ0v) is 18.1. The Morgan fingerprint density at radius 2 is 1.91 bits per heavy atom. The van der Waals surface area contributed by atoms with Crippen molar-refractivity contribution in [2.24, 2.45) is 0 Å². The molecule has 1 saturated heterocycles. The summed E-state index contributed by atoms with van der Waals surface area (Å²) in [5, 5.41) is 0. The van der Waals surface area contributed by atoms with Gasteiger partial charge >= 0.3 is 0 Å². The van der Waals surface area contributed by atoms with E-state index in [0.717, 1.165) is 66.5 Å². The van der Waals surface area contributed by atoms with Crippen molar-refractivity contribution in [3.05, 3.63) is 82.8 Å². The third-order valence-electron chi connectivity index (χ3n) is 5.99. The average Bonchev–Trinajstić information content (AvgIpc) is 3.35. The Bertz CT molecular complexity index is 1250. The lowest BCUT2D eigenvalue weighted by Crippen LogP contribution is -2.35. The molecular weight excluding hydrogens is 400 g/mol. The summed E-state index contributed by atoms with van der Waals surface area (Å²) in [7, 11) is 0. The first kappa shape index (κ1) is 20.2. The van der Waals surface area contributed by atoms with Crippen LogP contribution in [0.4, 0.5) is 5.82 Å². The molecule has 7 heteroatoms. The molecule has 1 atom stereocenters. The molecule has 1 unspecified atom stereocenters.